The van der Waals surface area contributed by atoms with Crippen LogP contribution in [0, 0.1) is 0 Å². The van der Waals surface area contributed by atoms with Gasteiger partial charge >= 0.3 is 0 Å². The maximum Gasteiger partial charge on any atom is 0.279 e. The molecule has 0 heterocycles. The lowest BCUT2D eigenvalue weighted by Gasteiger charge is -1.96. The summed E-state index contributed by atoms with van der Waals surface area (Å²) in [6, 6.07) is 0. The predicted octanol–water partition coefficient (Wildman–Crippen LogP) is -1.13. The normalized spacial score (nSPS) is 10.8. The summed E-state index contributed by atoms with van der Waals surface area (Å²) < 4.78 is 0. The number of hydrazine groups is 1. The Morgan fingerprint density at radius 2 is 2.20 bits per heavy atom. The van der Waals surface area contributed by atoms with Gasteiger partial charge in [0.05, 0.1) is 0 Å². The van der Waals surface area contributed by atoms with Crippen LogP contribution in [-0.2, 0) is 4.79 Å². The molecule has 0 rings (SSSR count). The van der Waals surface area contributed by atoms with Crippen LogP contribution in [0.1, 0.15) is 6.92 Å². The van der Waals surface area contributed by atoms with Crippen LogP contribution in [0.5, 0.6) is 0 Å². The summed E-state index contributed by atoms with van der Waals surface area (Å²) in [5, 5.41) is 0. The molecule has 0 aliphatic carbocycles. The van der Waals surface area contributed by atoms with Crippen LogP contribution >= 0.6 is 0 Å². The second-order valence-corrected chi connectivity index (χ2v) is 1.66. The molecule has 0 atom stereocenters. The molecule has 56 valence electrons. The fourth-order valence-corrected chi connectivity index (χ4v) is 0.371. The summed E-state index contributed by atoms with van der Waals surface area (Å²) >= 11 is 0. The molecule has 0 radical (unpaired) electrons. The van der Waals surface area contributed by atoms with E-state index in [2.05, 4.69) is 11.6 Å². The zero-order chi connectivity index (χ0) is 8.15. The molecule has 1 amide bonds. The highest BCUT2D eigenvalue weighted by molar-refractivity contribution is 6.37. The molecule has 5 heteroatoms. The summed E-state index contributed by atoms with van der Waals surface area (Å²) in [6.07, 6.45) is 0. The van der Waals surface area contributed by atoms with Crippen LogP contribution in [0.3, 0.4) is 0 Å². The number of nitrogens with two attached hydrogens (primary N) is 2. The van der Waals surface area contributed by atoms with Crippen LogP contribution in [0.25, 0.3) is 0 Å². The number of rotatable bonds is 2. The highest BCUT2D eigenvalue weighted by atomic mass is 16.2. The quantitative estimate of drug-likeness (QED) is 0.197. The van der Waals surface area contributed by atoms with Crippen molar-refractivity contribution in [2.45, 2.75) is 6.92 Å². The number of carbonyl (C=O) groups excluding carboxylic acids is 1. The highest BCUT2D eigenvalue weighted by Crippen LogP contribution is 1.82. The van der Waals surface area contributed by atoms with Crippen LogP contribution in [-0.4, -0.2) is 11.6 Å². The Kier molecular flexibility index (Phi) is 3.13. The average molecular weight is 142 g/mol. The van der Waals surface area contributed by atoms with Crippen molar-refractivity contribution in [1.82, 2.24) is 5.43 Å². The SMILES string of the molecule is C=C(N)/N=C(\C)C(=O)NN. The number of nitrogens with one attached hydrogen (secondary N) is 1. The van der Waals surface area contributed by atoms with E-state index in [4.69, 9.17) is 11.6 Å². The Labute approximate surface area is 58.8 Å². The van der Waals surface area contributed by atoms with Gasteiger partial charge in [0.15, 0.2) is 0 Å². The number of amides is 1. The molecule has 10 heavy (non-hydrogen) atoms. The minimum atomic E-state index is -0.466. The van der Waals surface area contributed by atoms with Crippen molar-refractivity contribution in [1.29, 1.82) is 0 Å². The zero-order valence-electron chi connectivity index (χ0n) is 5.72. The summed E-state index contributed by atoms with van der Waals surface area (Å²) in [5.74, 6) is 4.42. The topological polar surface area (TPSA) is 93.5 Å². The van der Waals surface area contributed by atoms with Crippen LogP contribution in [0.15, 0.2) is 17.4 Å². The maximum atomic E-state index is 10.6. The largest absolute Gasteiger partial charge is 0.384 e. The highest BCUT2D eigenvalue weighted by Gasteiger charge is 2.00. The van der Waals surface area contributed by atoms with E-state index in [1.807, 2.05) is 5.43 Å². The second-order valence-electron chi connectivity index (χ2n) is 1.66. The van der Waals surface area contributed by atoms with E-state index in [0.29, 0.717) is 0 Å². The number of nitrogens with zero attached hydrogens (tertiary/aromatic N) is 1. The molecular formula is C5H10N4O. The molecule has 0 fully saturated rings. The standard InChI is InChI=1S/C5H10N4O/c1-3(5(10)9-7)8-4(2)6/h2,6-7H2,1H3,(H,9,10)/b8-3+. The van der Waals surface area contributed by atoms with Crippen LogP contribution in [0.4, 0.5) is 0 Å². The summed E-state index contributed by atoms with van der Waals surface area (Å²) in [6.45, 7) is 4.77. The van der Waals surface area contributed by atoms with Gasteiger partial charge in [-0.2, -0.15) is 0 Å². The molecule has 0 aromatic heterocycles. The van der Waals surface area contributed by atoms with Crippen molar-refractivity contribution in [3.05, 3.63) is 12.4 Å². The van der Waals surface area contributed by atoms with E-state index >= 15 is 0 Å². The van der Waals surface area contributed by atoms with Crippen LogP contribution < -0.4 is 17.0 Å². The van der Waals surface area contributed by atoms with E-state index < -0.39 is 5.91 Å². The minimum Gasteiger partial charge on any atom is -0.384 e. The molecule has 0 saturated heterocycles. The Hall–Kier alpha value is -1.36. The van der Waals surface area contributed by atoms with Crippen molar-refractivity contribution in [3.63, 3.8) is 0 Å². The zero-order valence-corrected chi connectivity index (χ0v) is 5.72. The lowest BCUT2D eigenvalue weighted by molar-refractivity contribution is -0.114. The molecule has 0 saturated carbocycles. The third-order valence-electron chi connectivity index (χ3n) is 0.771. The van der Waals surface area contributed by atoms with Crippen molar-refractivity contribution >= 4 is 11.6 Å². The van der Waals surface area contributed by atoms with Gasteiger partial charge < -0.3 is 5.73 Å². The monoisotopic (exact) mass is 142 g/mol. The smallest absolute Gasteiger partial charge is 0.279 e. The van der Waals surface area contributed by atoms with Gasteiger partial charge in [0, 0.05) is 0 Å². The summed E-state index contributed by atoms with van der Waals surface area (Å²) in [5.41, 5.74) is 7.18. The Bertz CT molecular complexity index is 184. The summed E-state index contributed by atoms with van der Waals surface area (Å²) in [4.78, 5) is 14.1. The Balaban J connectivity index is 4.19. The molecule has 0 unspecified atom stereocenters. The van der Waals surface area contributed by atoms with Gasteiger partial charge in [-0.1, -0.05) is 6.58 Å². The van der Waals surface area contributed by atoms with E-state index in [0.717, 1.165) is 0 Å². The Morgan fingerprint density at radius 1 is 1.70 bits per heavy atom. The van der Waals surface area contributed by atoms with Gasteiger partial charge in [-0.05, 0) is 6.92 Å². The first kappa shape index (κ1) is 8.64. The summed E-state index contributed by atoms with van der Waals surface area (Å²) in [7, 11) is 0. The Morgan fingerprint density at radius 3 is 2.50 bits per heavy atom. The average Bonchev–Trinajstić information content (AvgIpc) is 1.85. The predicted molar refractivity (Wildman–Crippen MR) is 38.8 cm³/mol. The number of hydrogen-bond donors (Lipinski definition) is 3. The first-order valence-electron chi connectivity index (χ1n) is 2.58. The van der Waals surface area contributed by atoms with Gasteiger partial charge in [-0.3, -0.25) is 10.2 Å². The first-order valence-corrected chi connectivity index (χ1v) is 2.58. The van der Waals surface area contributed by atoms with E-state index in [1.165, 1.54) is 6.92 Å². The molecule has 5 N–H and O–H groups in total. The minimum absolute atomic E-state index is 0.0844. The molecule has 0 aliphatic heterocycles. The molecule has 0 aromatic rings. The van der Waals surface area contributed by atoms with Gasteiger partial charge in [-0.25, -0.2) is 10.8 Å². The molecular weight excluding hydrogens is 132 g/mol. The van der Waals surface area contributed by atoms with Crippen molar-refractivity contribution in [2.75, 3.05) is 0 Å². The van der Waals surface area contributed by atoms with Crippen molar-refractivity contribution < 1.29 is 4.79 Å². The van der Waals surface area contributed by atoms with E-state index in [1.54, 1.807) is 0 Å². The lowest BCUT2D eigenvalue weighted by Crippen LogP contribution is -2.35. The van der Waals surface area contributed by atoms with Gasteiger partial charge in [0.1, 0.15) is 11.5 Å². The van der Waals surface area contributed by atoms with E-state index in [9.17, 15) is 4.79 Å². The van der Waals surface area contributed by atoms with Crippen molar-refractivity contribution in [3.8, 4) is 0 Å². The van der Waals surface area contributed by atoms with Gasteiger partial charge in [0.25, 0.3) is 5.91 Å². The third-order valence-corrected chi connectivity index (χ3v) is 0.771. The molecule has 0 aliphatic rings. The number of carbonyl (C=O) groups is 1. The third kappa shape index (κ3) is 2.83. The van der Waals surface area contributed by atoms with Gasteiger partial charge in [0.2, 0.25) is 0 Å². The maximum absolute atomic E-state index is 10.6. The van der Waals surface area contributed by atoms with Crippen molar-refractivity contribution in [2.24, 2.45) is 16.6 Å². The van der Waals surface area contributed by atoms with Gasteiger partial charge in [-0.15, -0.1) is 0 Å². The fourth-order valence-electron chi connectivity index (χ4n) is 0.371. The second kappa shape index (κ2) is 3.62. The van der Waals surface area contributed by atoms with Crippen LogP contribution in [0.2, 0.25) is 0 Å². The fraction of sp³-hybridized carbons (Fsp3) is 0.200. The molecule has 5 nitrogen and oxygen atoms in total. The lowest BCUT2D eigenvalue weighted by atomic mass is 10.4. The molecule has 0 aromatic carbocycles. The molecule has 0 spiro atoms. The molecule has 0 bridgehead atoms. The first-order chi connectivity index (χ1) is 4.57. The van der Waals surface area contributed by atoms with E-state index in [-0.39, 0.29) is 11.5 Å². The number of hydrogen-bond acceptors (Lipinski definition) is 4. The number of aliphatic imine (C=N–C) groups is 1.